The normalized spacial score (nSPS) is 11.7. The van der Waals surface area contributed by atoms with Gasteiger partial charge in [-0.05, 0) is 12.5 Å². The molecule has 0 amide bonds. The fraction of sp³-hybridized carbons (Fsp3) is 0.417. The Bertz CT molecular complexity index is 507. The quantitative estimate of drug-likeness (QED) is 0.844. The molecule has 18 heavy (non-hydrogen) atoms. The van der Waals surface area contributed by atoms with Crippen LogP contribution in [0, 0.1) is 6.92 Å². The molecule has 0 saturated heterocycles. The minimum atomic E-state index is -3.40. The summed E-state index contributed by atoms with van der Waals surface area (Å²) in [5.41, 5.74) is 1.94. The predicted octanol–water partition coefficient (Wildman–Crippen LogP) is 1.23. The van der Waals surface area contributed by atoms with E-state index in [9.17, 15) is 13.2 Å². The van der Waals surface area contributed by atoms with Gasteiger partial charge in [-0.3, -0.25) is 4.79 Å². The molecule has 1 rings (SSSR count). The smallest absolute Gasteiger partial charge is 0.304 e. The summed E-state index contributed by atoms with van der Waals surface area (Å²) in [6.07, 6.45) is 0.891. The fourth-order valence-electron chi connectivity index (χ4n) is 1.48. The highest BCUT2D eigenvalue weighted by molar-refractivity contribution is 7.88. The van der Waals surface area contributed by atoms with Crippen molar-refractivity contribution in [2.75, 3.05) is 12.8 Å². The van der Waals surface area contributed by atoms with Gasteiger partial charge in [0.1, 0.15) is 0 Å². The number of carboxylic acids is 1. The molecule has 6 heteroatoms. The lowest BCUT2D eigenvalue weighted by Crippen LogP contribution is -2.31. The summed E-state index contributed by atoms with van der Waals surface area (Å²) < 4.78 is 24.3. The zero-order valence-electron chi connectivity index (χ0n) is 10.5. The summed E-state index contributed by atoms with van der Waals surface area (Å²) in [7, 11) is -3.40. The maximum absolute atomic E-state index is 11.5. The number of hydrogen-bond acceptors (Lipinski definition) is 3. The maximum atomic E-state index is 11.5. The Labute approximate surface area is 107 Å². The minimum absolute atomic E-state index is 0.0119. The standard InChI is InChI=1S/C12H17NO4S/c1-10-3-5-11(6-4-10)9-13(18(2,16)17)8-7-12(14)15/h3-6H,7-9H2,1-2H3,(H,14,15). The second-order valence-electron chi connectivity index (χ2n) is 4.23. The zero-order chi connectivity index (χ0) is 13.8. The summed E-state index contributed by atoms with van der Waals surface area (Å²) in [5, 5.41) is 8.61. The van der Waals surface area contributed by atoms with Crippen molar-refractivity contribution in [2.24, 2.45) is 0 Å². The summed E-state index contributed by atoms with van der Waals surface area (Å²) in [5.74, 6) is -1.01. The molecule has 100 valence electrons. The van der Waals surface area contributed by atoms with Gasteiger partial charge in [0, 0.05) is 13.1 Å². The third-order valence-corrected chi connectivity index (χ3v) is 3.77. The van der Waals surface area contributed by atoms with Gasteiger partial charge in [0.05, 0.1) is 12.7 Å². The van der Waals surface area contributed by atoms with Crippen molar-refractivity contribution in [1.29, 1.82) is 0 Å². The summed E-state index contributed by atoms with van der Waals surface area (Å²) in [6.45, 7) is 2.14. The third-order valence-electron chi connectivity index (χ3n) is 2.52. The number of hydrogen-bond donors (Lipinski definition) is 1. The first-order chi connectivity index (χ1) is 8.29. The van der Waals surface area contributed by atoms with Crippen LogP contribution in [0.2, 0.25) is 0 Å². The van der Waals surface area contributed by atoms with Crippen LogP contribution in [0.4, 0.5) is 0 Å². The van der Waals surface area contributed by atoms with Gasteiger partial charge >= 0.3 is 5.97 Å². The Morgan fingerprint density at radius 3 is 2.28 bits per heavy atom. The second kappa shape index (κ2) is 5.97. The lowest BCUT2D eigenvalue weighted by molar-refractivity contribution is -0.137. The molecule has 0 aliphatic rings. The molecule has 0 heterocycles. The predicted molar refractivity (Wildman–Crippen MR) is 68.7 cm³/mol. The van der Waals surface area contributed by atoms with Crippen molar-refractivity contribution >= 4 is 16.0 Å². The first-order valence-corrected chi connectivity index (χ1v) is 7.36. The van der Waals surface area contributed by atoms with Crippen LogP contribution >= 0.6 is 0 Å². The highest BCUT2D eigenvalue weighted by Crippen LogP contribution is 2.10. The average molecular weight is 271 g/mol. The number of carboxylic acid groups (broad SMARTS) is 1. The van der Waals surface area contributed by atoms with E-state index in [1.54, 1.807) is 0 Å². The number of nitrogens with zero attached hydrogens (tertiary/aromatic N) is 1. The van der Waals surface area contributed by atoms with Gasteiger partial charge in [0.2, 0.25) is 10.0 Å². The second-order valence-corrected chi connectivity index (χ2v) is 6.21. The Hall–Kier alpha value is -1.40. The van der Waals surface area contributed by atoms with E-state index in [0.29, 0.717) is 0 Å². The number of rotatable bonds is 6. The molecule has 0 unspecified atom stereocenters. The molecule has 0 fully saturated rings. The zero-order valence-corrected chi connectivity index (χ0v) is 11.3. The van der Waals surface area contributed by atoms with E-state index in [0.717, 1.165) is 17.4 Å². The van der Waals surface area contributed by atoms with E-state index >= 15 is 0 Å². The van der Waals surface area contributed by atoms with E-state index in [-0.39, 0.29) is 19.5 Å². The van der Waals surface area contributed by atoms with Crippen LogP contribution in [0.15, 0.2) is 24.3 Å². The van der Waals surface area contributed by atoms with E-state index in [4.69, 9.17) is 5.11 Å². The summed E-state index contributed by atoms with van der Waals surface area (Å²) >= 11 is 0. The van der Waals surface area contributed by atoms with Gasteiger partial charge in [-0.1, -0.05) is 29.8 Å². The van der Waals surface area contributed by atoms with Crippen LogP contribution < -0.4 is 0 Å². The van der Waals surface area contributed by atoms with Crippen LogP contribution in [0.5, 0.6) is 0 Å². The molecule has 0 aliphatic carbocycles. The first kappa shape index (κ1) is 14.7. The largest absolute Gasteiger partial charge is 0.481 e. The van der Waals surface area contributed by atoms with Crippen molar-refractivity contribution in [1.82, 2.24) is 4.31 Å². The highest BCUT2D eigenvalue weighted by atomic mass is 32.2. The molecule has 0 spiro atoms. The van der Waals surface area contributed by atoms with Crippen LogP contribution in [-0.2, 0) is 21.4 Å². The highest BCUT2D eigenvalue weighted by Gasteiger charge is 2.17. The van der Waals surface area contributed by atoms with Gasteiger partial charge in [0.25, 0.3) is 0 Å². The van der Waals surface area contributed by atoms with Crippen molar-refractivity contribution in [3.8, 4) is 0 Å². The van der Waals surface area contributed by atoms with Crippen LogP contribution in [0.1, 0.15) is 17.5 Å². The molecule has 0 bridgehead atoms. The van der Waals surface area contributed by atoms with E-state index in [1.807, 2.05) is 31.2 Å². The van der Waals surface area contributed by atoms with E-state index in [2.05, 4.69) is 0 Å². The topological polar surface area (TPSA) is 74.7 Å². The van der Waals surface area contributed by atoms with E-state index in [1.165, 1.54) is 4.31 Å². The molecule has 0 aromatic heterocycles. The van der Waals surface area contributed by atoms with Crippen molar-refractivity contribution < 1.29 is 18.3 Å². The van der Waals surface area contributed by atoms with Crippen molar-refractivity contribution in [2.45, 2.75) is 19.9 Å². The third kappa shape index (κ3) is 4.85. The molecule has 1 aromatic rings. The Morgan fingerprint density at radius 1 is 1.28 bits per heavy atom. The van der Waals surface area contributed by atoms with Crippen LogP contribution in [0.3, 0.4) is 0 Å². The molecule has 5 nitrogen and oxygen atoms in total. The fourth-order valence-corrected chi connectivity index (χ4v) is 2.29. The monoisotopic (exact) mass is 271 g/mol. The first-order valence-electron chi connectivity index (χ1n) is 5.51. The molecule has 0 atom stereocenters. The van der Waals surface area contributed by atoms with Gasteiger partial charge < -0.3 is 5.11 Å². The number of sulfonamides is 1. The van der Waals surface area contributed by atoms with Crippen molar-refractivity contribution in [3.05, 3.63) is 35.4 Å². The molecular formula is C12H17NO4S. The van der Waals surface area contributed by atoms with Crippen molar-refractivity contribution in [3.63, 3.8) is 0 Å². The number of carbonyl (C=O) groups is 1. The Kier molecular flexibility index (Phi) is 4.86. The molecule has 0 saturated carbocycles. The lowest BCUT2D eigenvalue weighted by atomic mass is 10.1. The van der Waals surface area contributed by atoms with Gasteiger partial charge in [-0.2, -0.15) is 4.31 Å². The van der Waals surface area contributed by atoms with Gasteiger partial charge in [-0.25, -0.2) is 8.42 Å². The number of benzene rings is 1. The number of aryl methyl sites for hydroxylation is 1. The Balaban J connectivity index is 2.78. The number of aliphatic carboxylic acids is 1. The molecule has 0 aliphatic heterocycles. The molecule has 1 aromatic carbocycles. The maximum Gasteiger partial charge on any atom is 0.304 e. The SMILES string of the molecule is Cc1ccc(CN(CCC(=O)O)S(C)(=O)=O)cc1. The van der Waals surface area contributed by atoms with Crippen LogP contribution in [0.25, 0.3) is 0 Å². The lowest BCUT2D eigenvalue weighted by Gasteiger charge is -2.19. The molecular weight excluding hydrogens is 254 g/mol. The average Bonchev–Trinajstić information content (AvgIpc) is 2.24. The van der Waals surface area contributed by atoms with Gasteiger partial charge in [-0.15, -0.1) is 0 Å². The summed E-state index contributed by atoms with van der Waals surface area (Å²) in [4.78, 5) is 10.5. The van der Waals surface area contributed by atoms with E-state index < -0.39 is 16.0 Å². The molecule has 1 N–H and O–H groups in total. The minimum Gasteiger partial charge on any atom is -0.481 e. The van der Waals surface area contributed by atoms with Crippen LogP contribution in [-0.4, -0.2) is 36.6 Å². The Morgan fingerprint density at radius 2 is 1.83 bits per heavy atom. The molecule has 0 radical (unpaired) electrons. The van der Waals surface area contributed by atoms with Gasteiger partial charge in [0.15, 0.2) is 0 Å². The summed E-state index contributed by atoms with van der Waals surface area (Å²) in [6, 6.07) is 7.47.